The van der Waals surface area contributed by atoms with Crippen molar-refractivity contribution in [1.82, 2.24) is 4.90 Å². The summed E-state index contributed by atoms with van der Waals surface area (Å²) in [6.07, 6.45) is 0. The van der Waals surface area contributed by atoms with Gasteiger partial charge in [-0.3, -0.25) is 9.69 Å². The molecule has 94 valence electrons. The summed E-state index contributed by atoms with van der Waals surface area (Å²) in [6, 6.07) is 7.13. The molecule has 1 aromatic rings. The van der Waals surface area contributed by atoms with Crippen LogP contribution in [0.15, 0.2) is 24.3 Å². The molecule has 0 fully saturated rings. The molecule has 0 aliphatic carbocycles. The van der Waals surface area contributed by atoms with Crippen molar-refractivity contribution in [3.05, 3.63) is 29.3 Å². The lowest BCUT2D eigenvalue weighted by molar-refractivity contribution is -0.117. The van der Waals surface area contributed by atoms with Crippen LogP contribution in [0.1, 0.15) is 6.92 Å². The van der Waals surface area contributed by atoms with E-state index in [1.165, 1.54) is 0 Å². The summed E-state index contributed by atoms with van der Waals surface area (Å²) in [7, 11) is 1.86. The molecule has 0 radical (unpaired) electrons. The predicted octanol–water partition coefficient (Wildman–Crippen LogP) is 1.56. The normalized spacial score (nSPS) is 12.5. The lowest BCUT2D eigenvalue weighted by Crippen LogP contribution is -2.37. The summed E-state index contributed by atoms with van der Waals surface area (Å²) >= 11 is 5.82. The van der Waals surface area contributed by atoms with Crippen LogP contribution in [0.5, 0.6) is 0 Å². The fourth-order valence-corrected chi connectivity index (χ4v) is 1.76. The topological polar surface area (TPSA) is 58.4 Å². The summed E-state index contributed by atoms with van der Waals surface area (Å²) in [4.78, 5) is 13.6. The Balaban J connectivity index is 2.44. The highest BCUT2D eigenvalue weighted by molar-refractivity contribution is 6.30. The van der Waals surface area contributed by atoms with Gasteiger partial charge in [0.15, 0.2) is 0 Å². The molecule has 0 aliphatic rings. The molecule has 0 saturated carbocycles. The number of likely N-dealkylation sites (N-methyl/N-ethyl adjacent to an activating group) is 1. The fraction of sp³-hybridized carbons (Fsp3) is 0.417. The third-order valence-corrected chi connectivity index (χ3v) is 2.36. The third-order valence-electron chi connectivity index (χ3n) is 2.12. The molecule has 4 nitrogen and oxygen atoms in total. The van der Waals surface area contributed by atoms with Crippen molar-refractivity contribution in [2.45, 2.75) is 13.0 Å². The maximum absolute atomic E-state index is 11.7. The maximum Gasteiger partial charge on any atom is 0.238 e. The summed E-state index contributed by atoms with van der Waals surface area (Å²) in [5.74, 6) is -0.0737. The number of nitrogens with two attached hydrogens (primary N) is 1. The standard InChI is InChI=1S/C12H18ClN3O/c1-9(14)7-16(2)8-12(17)15-11-5-3-4-10(13)6-11/h3-6,9H,7-8,14H2,1-2H3,(H,15,17). The maximum atomic E-state index is 11.7. The lowest BCUT2D eigenvalue weighted by atomic mass is 10.3. The van der Waals surface area contributed by atoms with Gasteiger partial charge in [-0.1, -0.05) is 17.7 Å². The zero-order valence-electron chi connectivity index (χ0n) is 10.1. The highest BCUT2D eigenvalue weighted by Crippen LogP contribution is 2.14. The largest absolute Gasteiger partial charge is 0.327 e. The van der Waals surface area contributed by atoms with Crippen LogP contribution in [0.3, 0.4) is 0 Å². The van der Waals surface area contributed by atoms with Crippen LogP contribution in [0.25, 0.3) is 0 Å². The van der Waals surface area contributed by atoms with Crippen molar-refractivity contribution in [1.29, 1.82) is 0 Å². The summed E-state index contributed by atoms with van der Waals surface area (Å²) in [5.41, 5.74) is 6.36. The molecule has 0 spiro atoms. The molecule has 0 aromatic heterocycles. The number of amides is 1. The number of carbonyl (C=O) groups is 1. The summed E-state index contributed by atoms with van der Waals surface area (Å²) in [6.45, 7) is 2.91. The highest BCUT2D eigenvalue weighted by atomic mass is 35.5. The Morgan fingerprint density at radius 3 is 2.88 bits per heavy atom. The number of anilines is 1. The van der Waals surface area contributed by atoms with Gasteiger partial charge in [-0.2, -0.15) is 0 Å². The van der Waals surface area contributed by atoms with Crippen LogP contribution in [-0.4, -0.2) is 37.0 Å². The Morgan fingerprint density at radius 2 is 2.29 bits per heavy atom. The van der Waals surface area contributed by atoms with Gasteiger partial charge in [0.05, 0.1) is 6.54 Å². The fourth-order valence-electron chi connectivity index (χ4n) is 1.57. The summed E-state index contributed by atoms with van der Waals surface area (Å²) in [5, 5.41) is 3.38. The van der Waals surface area contributed by atoms with Gasteiger partial charge in [0.25, 0.3) is 0 Å². The van der Waals surface area contributed by atoms with Gasteiger partial charge in [-0.25, -0.2) is 0 Å². The van der Waals surface area contributed by atoms with Crippen LogP contribution in [0.4, 0.5) is 5.69 Å². The Bertz CT molecular complexity index is 382. The number of hydrogen-bond acceptors (Lipinski definition) is 3. The van der Waals surface area contributed by atoms with Gasteiger partial charge in [0.1, 0.15) is 0 Å². The van der Waals surface area contributed by atoms with Gasteiger partial charge in [0.2, 0.25) is 5.91 Å². The second kappa shape index (κ2) is 6.59. The quantitative estimate of drug-likeness (QED) is 0.840. The number of carbonyl (C=O) groups excluding carboxylic acids is 1. The Labute approximate surface area is 107 Å². The molecule has 1 atom stereocenters. The van der Waals surface area contributed by atoms with E-state index in [0.29, 0.717) is 23.8 Å². The number of benzene rings is 1. The van der Waals surface area contributed by atoms with E-state index in [9.17, 15) is 4.79 Å². The molecule has 0 saturated heterocycles. The zero-order chi connectivity index (χ0) is 12.8. The van der Waals surface area contributed by atoms with Crippen LogP contribution in [0.2, 0.25) is 5.02 Å². The van der Waals surface area contributed by atoms with Gasteiger partial charge >= 0.3 is 0 Å². The number of nitrogens with one attached hydrogen (secondary N) is 1. The Morgan fingerprint density at radius 1 is 1.59 bits per heavy atom. The second-order valence-electron chi connectivity index (χ2n) is 4.23. The van der Waals surface area contributed by atoms with Crippen LogP contribution in [-0.2, 0) is 4.79 Å². The van der Waals surface area contributed by atoms with Crippen molar-refractivity contribution in [2.75, 3.05) is 25.5 Å². The van der Waals surface area contributed by atoms with Crippen molar-refractivity contribution in [3.8, 4) is 0 Å². The average Bonchev–Trinajstić information content (AvgIpc) is 2.14. The van der Waals surface area contributed by atoms with E-state index in [1.807, 2.05) is 18.9 Å². The smallest absolute Gasteiger partial charge is 0.238 e. The number of halogens is 1. The zero-order valence-corrected chi connectivity index (χ0v) is 10.9. The lowest BCUT2D eigenvalue weighted by Gasteiger charge is -2.18. The molecule has 3 N–H and O–H groups in total. The summed E-state index contributed by atoms with van der Waals surface area (Å²) < 4.78 is 0. The molecular formula is C12H18ClN3O. The Kier molecular flexibility index (Phi) is 5.41. The van der Waals surface area contributed by atoms with Gasteiger partial charge in [-0.05, 0) is 32.2 Å². The SMILES string of the molecule is CC(N)CN(C)CC(=O)Nc1cccc(Cl)c1. The van der Waals surface area contributed by atoms with Crippen LogP contribution >= 0.6 is 11.6 Å². The molecule has 1 unspecified atom stereocenters. The first-order valence-electron chi connectivity index (χ1n) is 5.47. The first kappa shape index (κ1) is 14.0. The molecule has 1 rings (SSSR count). The number of nitrogens with zero attached hydrogens (tertiary/aromatic N) is 1. The molecule has 1 amide bonds. The van der Waals surface area contributed by atoms with E-state index in [4.69, 9.17) is 17.3 Å². The van der Waals surface area contributed by atoms with Gasteiger partial charge < -0.3 is 11.1 Å². The number of rotatable bonds is 5. The minimum Gasteiger partial charge on any atom is -0.327 e. The second-order valence-corrected chi connectivity index (χ2v) is 4.67. The third kappa shape index (κ3) is 5.68. The molecule has 0 heterocycles. The molecule has 1 aromatic carbocycles. The van der Waals surface area contributed by atoms with Crippen LogP contribution < -0.4 is 11.1 Å². The van der Waals surface area contributed by atoms with Gasteiger partial charge in [0, 0.05) is 23.3 Å². The van der Waals surface area contributed by atoms with Crippen molar-refractivity contribution < 1.29 is 4.79 Å². The predicted molar refractivity (Wildman–Crippen MR) is 71.2 cm³/mol. The first-order valence-corrected chi connectivity index (χ1v) is 5.84. The first-order chi connectivity index (χ1) is 7.97. The van der Waals surface area contributed by atoms with E-state index < -0.39 is 0 Å². The number of hydrogen-bond donors (Lipinski definition) is 2. The minimum atomic E-state index is -0.0737. The molecule has 5 heteroatoms. The van der Waals surface area contributed by atoms with E-state index >= 15 is 0 Å². The van der Waals surface area contributed by atoms with Crippen molar-refractivity contribution >= 4 is 23.2 Å². The monoisotopic (exact) mass is 255 g/mol. The van der Waals surface area contributed by atoms with E-state index in [-0.39, 0.29) is 11.9 Å². The molecule has 0 bridgehead atoms. The van der Waals surface area contributed by atoms with Crippen molar-refractivity contribution in [3.63, 3.8) is 0 Å². The highest BCUT2D eigenvalue weighted by Gasteiger charge is 2.08. The van der Waals surface area contributed by atoms with Crippen molar-refractivity contribution in [2.24, 2.45) is 5.73 Å². The average molecular weight is 256 g/mol. The Hall–Kier alpha value is -1.10. The minimum absolute atomic E-state index is 0.0546. The van der Waals surface area contributed by atoms with Gasteiger partial charge in [-0.15, -0.1) is 0 Å². The van der Waals surface area contributed by atoms with E-state index in [2.05, 4.69) is 5.32 Å². The molecule has 17 heavy (non-hydrogen) atoms. The molecule has 0 aliphatic heterocycles. The van der Waals surface area contributed by atoms with E-state index in [1.54, 1.807) is 24.3 Å². The van der Waals surface area contributed by atoms with E-state index in [0.717, 1.165) is 0 Å². The van der Waals surface area contributed by atoms with Crippen LogP contribution in [0, 0.1) is 0 Å². The molecular weight excluding hydrogens is 238 g/mol.